The van der Waals surface area contributed by atoms with Crippen molar-refractivity contribution in [3.63, 3.8) is 0 Å². The second-order valence-corrected chi connectivity index (χ2v) is 13.2. The van der Waals surface area contributed by atoms with Crippen molar-refractivity contribution >= 4 is 20.0 Å². The minimum Gasteiger partial charge on any atom is -0.461 e. The zero-order valence-corrected chi connectivity index (χ0v) is 19.4. The van der Waals surface area contributed by atoms with Crippen LogP contribution in [-0.4, -0.2) is 54.6 Å². The zero-order valence-electron chi connectivity index (χ0n) is 18.4. The Labute approximate surface area is 179 Å². The first kappa shape index (κ1) is 24.6. The second kappa shape index (κ2) is 8.80. The molecule has 2 heterocycles. The molecule has 11 heteroatoms. The highest BCUT2D eigenvalue weighted by Gasteiger charge is 2.65. The minimum absolute atomic E-state index is 0.172. The molecule has 4 atom stereocenters. The van der Waals surface area contributed by atoms with E-state index >= 15 is 0 Å². The molecule has 0 aliphatic carbocycles. The molecule has 31 heavy (non-hydrogen) atoms. The minimum atomic E-state index is -2.07. The molecule has 1 fully saturated rings. The molecule has 1 aliphatic heterocycles. The lowest BCUT2D eigenvalue weighted by molar-refractivity contribution is -0.181. The van der Waals surface area contributed by atoms with Gasteiger partial charge in [0, 0.05) is 18.2 Å². The Kier molecular flexibility index (Phi) is 6.97. The number of esters is 2. The number of aromatic nitrogens is 2. The molecule has 0 bridgehead atoms. The molecule has 0 radical (unpaired) electrons. The number of H-pyrrole nitrogens is 1. The number of rotatable bonds is 4. The number of hydrogen-bond acceptors (Lipinski definition) is 7. The number of hydrogen-bond donors (Lipinski definition) is 1. The van der Waals surface area contributed by atoms with Crippen LogP contribution in [0.2, 0.25) is 19.6 Å². The normalized spacial score (nSPS) is 27.8. The maximum Gasteiger partial charge on any atom is 0.419 e. The molecule has 9 nitrogen and oxygen atoms in total. The molecule has 1 aromatic heterocycles. The van der Waals surface area contributed by atoms with Crippen molar-refractivity contribution in [2.24, 2.45) is 5.92 Å². The lowest BCUT2D eigenvalue weighted by atomic mass is 9.78. The van der Waals surface area contributed by atoms with Gasteiger partial charge < -0.3 is 14.2 Å². The van der Waals surface area contributed by atoms with E-state index in [1.165, 1.54) is 0 Å². The number of aromatic amines is 1. The Morgan fingerprint density at radius 3 is 2.45 bits per heavy atom. The van der Waals surface area contributed by atoms with Crippen molar-refractivity contribution in [2.45, 2.75) is 57.3 Å². The van der Waals surface area contributed by atoms with Crippen LogP contribution in [0, 0.1) is 17.4 Å². The molecule has 0 saturated carbocycles. The van der Waals surface area contributed by atoms with Crippen molar-refractivity contribution in [1.82, 2.24) is 9.55 Å². The van der Waals surface area contributed by atoms with Crippen LogP contribution in [0.25, 0.3) is 0 Å². The quantitative estimate of drug-likeness (QED) is 0.314. The number of nitrogens with zero attached hydrogens (tertiary/aromatic N) is 1. The van der Waals surface area contributed by atoms with Gasteiger partial charge in [-0.05, 0) is 6.42 Å². The second-order valence-electron chi connectivity index (χ2n) is 8.44. The molecule has 170 valence electrons. The molecule has 1 N–H and O–H groups in total. The lowest BCUT2D eigenvalue weighted by Gasteiger charge is -2.34. The summed E-state index contributed by atoms with van der Waals surface area (Å²) >= 11 is 0. The lowest BCUT2D eigenvalue weighted by Crippen LogP contribution is -2.50. The monoisotopic (exact) mass is 454 g/mol. The van der Waals surface area contributed by atoms with Crippen LogP contribution in [-0.2, 0) is 23.8 Å². The van der Waals surface area contributed by atoms with Gasteiger partial charge in [0.2, 0.25) is 5.60 Å². The summed E-state index contributed by atoms with van der Waals surface area (Å²) in [5, 5.41) is 0. The van der Waals surface area contributed by atoms with Gasteiger partial charge in [-0.2, -0.15) is 0 Å². The molecule has 2 rings (SSSR count). The Bertz CT molecular complexity index is 1030. The number of halogens is 1. The molecular weight excluding hydrogens is 427 g/mol. The van der Waals surface area contributed by atoms with Crippen LogP contribution in [0.1, 0.15) is 26.5 Å². The molecule has 0 spiro atoms. The van der Waals surface area contributed by atoms with Gasteiger partial charge >= 0.3 is 17.6 Å². The molecule has 0 aromatic carbocycles. The number of carbonyl (C=O) groups excluding carboxylic acids is 2. The van der Waals surface area contributed by atoms with Crippen molar-refractivity contribution in [3.05, 3.63) is 33.1 Å². The first-order chi connectivity index (χ1) is 14.4. The molecule has 0 unspecified atom stereocenters. The predicted molar refractivity (Wildman–Crippen MR) is 112 cm³/mol. The summed E-state index contributed by atoms with van der Waals surface area (Å²) in [5.74, 6) is -0.578. The third-order valence-electron chi connectivity index (χ3n) is 5.32. The first-order valence-electron chi connectivity index (χ1n) is 9.76. The van der Waals surface area contributed by atoms with E-state index in [0.717, 1.165) is 23.9 Å². The van der Waals surface area contributed by atoms with Gasteiger partial charge in [-0.1, -0.05) is 39.4 Å². The van der Waals surface area contributed by atoms with Crippen LogP contribution < -0.4 is 11.2 Å². The van der Waals surface area contributed by atoms with E-state index in [2.05, 4.69) is 21.2 Å². The van der Waals surface area contributed by atoms with Crippen molar-refractivity contribution in [1.29, 1.82) is 0 Å². The van der Waals surface area contributed by atoms with Crippen LogP contribution in [0.4, 0.5) is 4.39 Å². The largest absolute Gasteiger partial charge is 0.461 e. The standard InChI is InChI=1S/C20H27FN2O7Si/c1-7-19(12-21)13(2)20(9-11-31(4,5)6,29-16(26)15(25)28-3)17(30-19)23-10-8-14(24)22-18(23)27/h8,10,13,17H,7,12H2,1-6H3,(H,22,24,27)/t13-,17-,19+,20+/m1/s1. The van der Waals surface area contributed by atoms with Crippen molar-refractivity contribution in [2.75, 3.05) is 13.8 Å². The van der Waals surface area contributed by atoms with E-state index in [9.17, 15) is 23.6 Å². The van der Waals surface area contributed by atoms with E-state index in [4.69, 9.17) is 9.47 Å². The van der Waals surface area contributed by atoms with E-state index in [1.54, 1.807) is 13.8 Å². The number of nitrogens with one attached hydrogen (secondary N) is 1. The fraction of sp³-hybridized carbons (Fsp3) is 0.600. The average Bonchev–Trinajstić information content (AvgIpc) is 2.94. The van der Waals surface area contributed by atoms with Crippen LogP contribution >= 0.6 is 0 Å². The Balaban J connectivity index is 2.84. The summed E-state index contributed by atoms with van der Waals surface area (Å²) in [6, 6.07) is 1.08. The van der Waals surface area contributed by atoms with Gasteiger partial charge in [-0.15, -0.1) is 5.54 Å². The van der Waals surface area contributed by atoms with Gasteiger partial charge in [-0.25, -0.2) is 18.8 Å². The van der Waals surface area contributed by atoms with Gasteiger partial charge in [0.15, 0.2) is 6.23 Å². The SMILES string of the molecule is CC[C@@]1(CF)O[C@@H](n2ccc(=O)[nH]c2=O)[C@@](C#C[Si](C)(C)C)(OC(=O)C(=O)OC)[C@@H]1C. The van der Waals surface area contributed by atoms with Crippen molar-refractivity contribution in [3.8, 4) is 11.5 Å². The van der Waals surface area contributed by atoms with Gasteiger partial charge in [0.05, 0.1) is 7.11 Å². The predicted octanol–water partition coefficient (Wildman–Crippen LogP) is 1.16. The number of alkyl halides is 1. The Hall–Kier alpha value is -2.71. The Morgan fingerprint density at radius 2 is 1.97 bits per heavy atom. The van der Waals surface area contributed by atoms with E-state index in [0.29, 0.717) is 0 Å². The Morgan fingerprint density at radius 1 is 1.32 bits per heavy atom. The molecule has 1 aromatic rings. The fourth-order valence-corrected chi connectivity index (χ4v) is 3.99. The summed E-state index contributed by atoms with van der Waals surface area (Å²) < 4.78 is 31.3. The van der Waals surface area contributed by atoms with Crippen LogP contribution in [0.5, 0.6) is 0 Å². The van der Waals surface area contributed by atoms with Crippen molar-refractivity contribution < 1.29 is 28.2 Å². The van der Waals surface area contributed by atoms with Gasteiger partial charge in [0.1, 0.15) is 20.3 Å². The first-order valence-corrected chi connectivity index (χ1v) is 13.3. The highest BCUT2D eigenvalue weighted by Crippen LogP contribution is 2.52. The maximum absolute atomic E-state index is 14.3. The smallest absolute Gasteiger partial charge is 0.419 e. The third kappa shape index (κ3) is 4.65. The fourth-order valence-electron chi connectivity index (χ4n) is 3.42. The number of carbonyl (C=O) groups is 2. The van der Waals surface area contributed by atoms with Gasteiger partial charge in [-0.3, -0.25) is 14.3 Å². The summed E-state index contributed by atoms with van der Waals surface area (Å²) in [6.07, 6.45) is -0.0924. The summed E-state index contributed by atoms with van der Waals surface area (Å²) in [6.45, 7) is 8.15. The van der Waals surface area contributed by atoms with E-state index < -0.39 is 61.3 Å². The zero-order chi connectivity index (χ0) is 23.6. The summed E-state index contributed by atoms with van der Waals surface area (Å²) in [5.41, 5.74) is -1.77. The summed E-state index contributed by atoms with van der Waals surface area (Å²) in [4.78, 5) is 50.5. The number of methoxy groups -OCH3 is 1. The average molecular weight is 455 g/mol. The van der Waals surface area contributed by atoms with Gasteiger partial charge in [0.25, 0.3) is 5.56 Å². The highest BCUT2D eigenvalue weighted by molar-refractivity contribution is 6.83. The topological polar surface area (TPSA) is 117 Å². The molecule has 1 saturated heterocycles. The van der Waals surface area contributed by atoms with Crippen LogP contribution in [0.15, 0.2) is 21.9 Å². The van der Waals surface area contributed by atoms with E-state index in [-0.39, 0.29) is 6.42 Å². The highest BCUT2D eigenvalue weighted by atomic mass is 28.3. The number of ether oxygens (including phenoxy) is 3. The maximum atomic E-state index is 14.3. The van der Waals surface area contributed by atoms with Crippen LogP contribution in [0.3, 0.4) is 0 Å². The summed E-state index contributed by atoms with van der Waals surface area (Å²) in [7, 11) is -1.06. The third-order valence-corrected chi connectivity index (χ3v) is 6.20. The molecular formula is C20H27FN2O7Si. The molecule has 0 amide bonds. The van der Waals surface area contributed by atoms with E-state index in [1.807, 2.05) is 19.6 Å². The molecule has 1 aliphatic rings.